The summed E-state index contributed by atoms with van der Waals surface area (Å²) in [5, 5.41) is 14.0. The van der Waals surface area contributed by atoms with Crippen LogP contribution in [0.5, 0.6) is 5.75 Å². The predicted molar refractivity (Wildman–Crippen MR) is 147 cm³/mol. The zero-order valence-electron chi connectivity index (χ0n) is 21.9. The number of anilines is 1. The Morgan fingerprint density at radius 3 is 2.24 bits per heavy atom. The first kappa shape index (κ1) is 25.3. The lowest BCUT2D eigenvalue weighted by atomic mass is 9.66. The molecule has 3 saturated heterocycles. The molecule has 3 aliphatic heterocycles. The maximum Gasteiger partial charge on any atom is 0.308 e. The summed E-state index contributed by atoms with van der Waals surface area (Å²) >= 11 is 0. The van der Waals surface area contributed by atoms with Gasteiger partial charge in [-0.3, -0.25) is 9.69 Å². The Morgan fingerprint density at radius 2 is 1.68 bits per heavy atom. The van der Waals surface area contributed by atoms with Crippen LogP contribution in [0.2, 0.25) is 0 Å². The monoisotopic (exact) mass is 499 g/mol. The minimum absolute atomic E-state index is 0.00827. The Labute approximate surface area is 219 Å². The molecule has 0 radical (unpaired) electrons. The minimum atomic E-state index is -0.692. The van der Waals surface area contributed by atoms with Gasteiger partial charge in [0.2, 0.25) is 0 Å². The van der Waals surface area contributed by atoms with E-state index in [1.807, 2.05) is 26.2 Å². The maximum absolute atomic E-state index is 12.3. The number of carboxylic acid groups (broad SMARTS) is 1. The van der Waals surface area contributed by atoms with Crippen molar-refractivity contribution in [2.24, 2.45) is 11.8 Å². The van der Waals surface area contributed by atoms with E-state index in [9.17, 15) is 9.90 Å². The number of carbonyl (C=O) groups is 1. The zero-order chi connectivity index (χ0) is 25.9. The van der Waals surface area contributed by atoms with Crippen molar-refractivity contribution < 1.29 is 14.6 Å². The van der Waals surface area contributed by atoms with E-state index in [0.29, 0.717) is 13.1 Å². The highest BCUT2D eigenvalue weighted by Crippen LogP contribution is 2.44. The van der Waals surface area contributed by atoms with Crippen LogP contribution in [0.4, 0.5) is 5.69 Å². The Morgan fingerprint density at radius 1 is 1.03 bits per heavy atom. The molecule has 194 valence electrons. The van der Waals surface area contributed by atoms with Crippen molar-refractivity contribution >= 4 is 11.7 Å². The number of nitrogens with zero attached hydrogens (tertiary/aromatic N) is 2. The van der Waals surface area contributed by atoms with Crippen LogP contribution < -0.4 is 15.0 Å². The lowest BCUT2D eigenvalue weighted by molar-refractivity contribution is -0.152. The smallest absolute Gasteiger partial charge is 0.308 e. The average molecular weight is 500 g/mol. The summed E-state index contributed by atoms with van der Waals surface area (Å²) in [4.78, 5) is 16.9. The summed E-state index contributed by atoms with van der Waals surface area (Å²) in [6.45, 7) is 2.12. The fourth-order valence-electron chi connectivity index (χ4n) is 6.60. The molecule has 2 N–H and O–H groups in total. The van der Waals surface area contributed by atoms with Gasteiger partial charge < -0.3 is 20.1 Å². The Bertz CT molecular complexity index is 1160. The number of ether oxygens (including phenoxy) is 1. The molecule has 6 heteroatoms. The second-order valence-electron chi connectivity index (χ2n) is 10.4. The van der Waals surface area contributed by atoms with E-state index < -0.39 is 5.97 Å². The molecule has 6 nitrogen and oxygen atoms in total. The van der Waals surface area contributed by atoms with E-state index in [1.165, 1.54) is 11.1 Å². The van der Waals surface area contributed by atoms with Crippen LogP contribution in [0, 0.1) is 11.8 Å². The quantitative estimate of drug-likeness (QED) is 0.453. The van der Waals surface area contributed by atoms with Crippen LogP contribution in [0.1, 0.15) is 29.0 Å². The van der Waals surface area contributed by atoms with Crippen LogP contribution in [0.3, 0.4) is 0 Å². The van der Waals surface area contributed by atoms with E-state index >= 15 is 0 Å². The Hall–Kier alpha value is -3.35. The number of hydrogen-bond acceptors (Lipinski definition) is 5. The molecule has 3 fully saturated rings. The summed E-state index contributed by atoms with van der Waals surface area (Å²) < 4.78 is 5.74. The van der Waals surface area contributed by atoms with Crippen LogP contribution in [-0.2, 0) is 11.3 Å². The number of carboxylic acids is 1. The summed E-state index contributed by atoms with van der Waals surface area (Å²) in [6, 6.07) is 27.6. The van der Waals surface area contributed by atoms with Crippen LogP contribution in [-0.4, -0.2) is 62.4 Å². The van der Waals surface area contributed by atoms with Crippen molar-refractivity contribution in [1.82, 2.24) is 10.2 Å². The van der Waals surface area contributed by atoms with Crippen molar-refractivity contribution in [3.63, 3.8) is 0 Å². The zero-order valence-corrected chi connectivity index (χ0v) is 21.9. The van der Waals surface area contributed by atoms with Crippen LogP contribution in [0.25, 0.3) is 0 Å². The number of benzene rings is 3. The normalized spacial score (nSPS) is 24.7. The number of methoxy groups -OCH3 is 1. The van der Waals surface area contributed by atoms with Gasteiger partial charge in [-0.25, -0.2) is 0 Å². The molecule has 3 aromatic rings. The van der Waals surface area contributed by atoms with E-state index in [0.717, 1.165) is 30.0 Å². The van der Waals surface area contributed by atoms with Gasteiger partial charge in [0, 0.05) is 56.4 Å². The third-order valence-corrected chi connectivity index (χ3v) is 8.25. The SMILES string of the molecule is COc1cccc(N(C)C)c1CN[C@H]1[C@H]2CCN(C[C@@H]2C(=O)O)[C@H]1C(c1ccccc1)c1ccccc1. The number of piperidine rings is 3. The third-order valence-electron chi connectivity index (χ3n) is 8.25. The molecule has 0 amide bonds. The lowest BCUT2D eigenvalue weighted by Gasteiger charge is -2.56. The molecule has 0 spiro atoms. The molecule has 2 bridgehead atoms. The number of hydrogen-bond donors (Lipinski definition) is 2. The molecule has 0 aliphatic carbocycles. The summed E-state index contributed by atoms with van der Waals surface area (Å²) in [5.41, 5.74) is 4.71. The van der Waals surface area contributed by atoms with Gasteiger partial charge in [-0.15, -0.1) is 0 Å². The van der Waals surface area contributed by atoms with Gasteiger partial charge >= 0.3 is 5.97 Å². The van der Waals surface area contributed by atoms with E-state index in [-0.39, 0.29) is 29.8 Å². The molecule has 0 saturated carbocycles. The van der Waals surface area contributed by atoms with Crippen molar-refractivity contribution in [2.75, 3.05) is 39.2 Å². The molecule has 3 aliphatic rings. The van der Waals surface area contributed by atoms with Gasteiger partial charge in [-0.1, -0.05) is 66.7 Å². The molecule has 6 rings (SSSR count). The molecule has 0 aromatic heterocycles. The van der Waals surface area contributed by atoms with E-state index in [4.69, 9.17) is 4.74 Å². The number of rotatable bonds is 9. The summed E-state index contributed by atoms with van der Waals surface area (Å²) in [5.74, 6) is -0.0415. The number of fused-ring (bicyclic) bond motifs is 3. The van der Waals surface area contributed by atoms with Crippen molar-refractivity contribution in [1.29, 1.82) is 0 Å². The van der Waals surface area contributed by atoms with Crippen molar-refractivity contribution in [2.45, 2.75) is 31.0 Å². The van der Waals surface area contributed by atoms with Gasteiger partial charge in [0.1, 0.15) is 5.75 Å². The van der Waals surface area contributed by atoms with E-state index in [2.05, 4.69) is 81.8 Å². The number of nitrogens with one attached hydrogen (secondary N) is 1. The third kappa shape index (κ3) is 4.96. The topological polar surface area (TPSA) is 65.0 Å². The summed E-state index contributed by atoms with van der Waals surface area (Å²) in [6.07, 6.45) is 0.883. The van der Waals surface area contributed by atoms with Gasteiger partial charge in [0.05, 0.1) is 13.0 Å². The molecule has 3 aromatic carbocycles. The number of aliphatic carboxylic acids is 1. The molecule has 3 heterocycles. The standard InChI is InChI=1S/C31H37N3O3/c1-33(2)26-15-10-16-27(37-3)24(26)19-32-29-23-17-18-34(20-25(23)31(35)36)30(29)28(21-11-6-4-7-12-21)22-13-8-5-9-14-22/h4-16,23,25,28-30,32H,17-20H2,1-3H3,(H,35,36)/t23-,25-,29-,30-/m0/s1. The second-order valence-corrected chi connectivity index (χ2v) is 10.4. The minimum Gasteiger partial charge on any atom is -0.496 e. The first-order valence-electron chi connectivity index (χ1n) is 13.1. The molecular formula is C31H37N3O3. The first-order valence-corrected chi connectivity index (χ1v) is 13.1. The largest absolute Gasteiger partial charge is 0.496 e. The highest BCUT2D eigenvalue weighted by atomic mass is 16.5. The van der Waals surface area contributed by atoms with Gasteiger partial charge in [0.25, 0.3) is 0 Å². The molecule has 1 unspecified atom stereocenters. The second kappa shape index (κ2) is 11.0. The first-order chi connectivity index (χ1) is 18.0. The predicted octanol–water partition coefficient (Wildman–Crippen LogP) is 4.46. The fraction of sp³-hybridized carbons (Fsp3) is 0.387. The van der Waals surface area contributed by atoms with Crippen LogP contribution >= 0.6 is 0 Å². The molecule has 5 atom stereocenters. The fourth-order valence-corrected chi connectivity index (χ4v) is 6.60. The Balaban J connectivity index is 1.56. The highest BCUT2D eigenvalue weighted by Gasteiger charge is 2.52. The maximum atomic E-state index is 12.3. The highest BCUT2D eigenvalue weighted by molar-refractivity contribution is 5.71. The van der Waals surface area contributed by atoms with Gasteiger partial charge in [-0.2, -0.15) is 0 Å². The molecular weight excluding hydrogens is 462 g/mol. The average Bonchev–Trinajstić information content (AvgIpc) is 2.93. The van der Waals surface area contributed by atoms with E-state index in [1.54, 1.807) is 7.11 Å². The summed E-state index contributed by atoms with van der Waals surface area (Å²) in [7, 11) is 5.78. The van der Waals surface area contributed by atoms with Crippen molar-refractivity contribution in [3.05, 3.63) is 95.6 Å². The van der Waals surface area contributed by atoms with Gasteiger partial charge in [-0.05, 0) is 42.1 Å². The van der Waals surface area contributed by atoms with Gasteiger partial charge in [0.15, 0.2) is 0 Å². The lowest BCUT2D eigenvalue weighted by Crippen LogP contribution is -2.68. The van der Waals surface area contributed by atoms with Crippen molar-refractivity contribution in [3.8, 4) is 5.75 Å². The molecule has 37 heavy (non-hydrogen) atoms. The Kier molecular flexibility index (Phi) is 7.49. The van der Waals surface area contributed by atoms with Crippen LogP contribution in [0.15, 0.2) is 78.9 Å².